The number of hydrogen-bond donors (Lipinski definition) is 1. The van der Waals surface area contributed by atoms with Gasteiger partial charge >= 0.3 is 11.7 Å². The molecule has 6 nitrogen and oxygen atoms in total. The molecule has 1 aromatic carbocycles. The van der Waals surface area contributed by atoms with Gasteiger partial charge in [0.1, 0.15) is 5.60 Å². The summed E-state index contributed by atoms with van der Waals surface area (Å²) in [5.74, 6) is 0.983. The van der Waals surface area contributed by atoms with E-state index >= 15 is 0 Å². The molecule has 3 aliphatic carbocycles. The topological polar surface area (TPSA) is 89.7 Å². The lowest BCUT2D eigenvalue weighted by Gasteiger charge is -2.55. The van der Waals surface area contributed by atoms with Gasteiger partial charge in [-0.05, 0) is 86.3 Å². The molecule has 1 N–H and O–H groups in total. The monoisotopic (exact) mass is 385 g/mol. The number of phenols is 1. The Bertz CT molecular complexity index is 867. The summed E-state index contributed by atoms with van der Waals surface area (Å²) in [6, 6.07) is 3.23. The highest BCUT2D eigenvalue weighted by atomic mass is 16.6. The molecule has 3 unspecified atom stereocenters. The van der Waals surface area contributed by atoms with Crippen LogP contribution in [0.1, 0.15) is 75.3 Å². The lowest BCUT2D eigenvalue weighted by Crippen LogP contribution is -2.54. The van der Waals surface area contributed by atoms with Crippen LogP contribution in [0.3, 0.4) is 0 Å². The quantitative estimate of drug-likeness (QED) is 0.433. The second-order valence-electron chi connectivity index (χ2n) is 9.53. The summed E-state index contributed by atoms with van der Waals surface area (Å²) in [6.07, 6.45) is 8.29. The molecule has 1 heterocycles. The molecule has 0 radical (unpaired) electrons. The maximum atomic E-state index is 12.1. The maximum absolute atomic E-state index is 12.1. The summed E-state index contributed by atoms with van der Waals surface area (Å²) in [7, 11) is 0. The van der Waals surface area contributed by atoms with Crippen LogP contribution >= 0.6 is 0 Å². The van der Waals surface area contributed by atoms with Gasteiger partial charge in [-0.1, -0.05) is 6.92 Å². The molecule has 4 aliphatic rings. The zero-order valence-electron chi connectivity index (χ0n) is 16.3. The van der Waals surface area contributed by atoms with Crippen molar-refractivity contribution in [2.45, 2.75) is 76.2 Å². The van der Waals surface area contributed by atoms with Crippen molar-refractivity contribution < 1.29 is 19.6 Å². The molecule has 1 aliphatic heterocycles. The zero-order valence-corrected chi connectivity index (χ0v) is 16.3. The number of nitrogens with zero attached hydrogens (tertiary/aromatic N) is 1. The van der Waals surface area contributed by atoms with Gasteiger partial charge < -0.3 is 9.84 Å². The Hall–Kier alpha value is -2.11. The number of carbonyl (C=O) groups is 1. The van der Waals surface area contributed by atoms with Crippen molar-refractivity contribution in [2.75, 3.05) is 0 Å². The Morgan fingerprint density at radius 1 is 1.18 bits per heavy atom. The molecular formula is C22H27NO5. The summed E-state index contributed by atoms with van der Waals surface area (Å²) in [5, 5.41) is 21.4. The number of ether oxygens (including phenoxy) is 1. The molecular weight excluding hydrogens is 358 g/mol. The first kappa shape index (κ1) is 18.0. The fourth-order valence-electron chi connectivity index (χ4n) is 7.25. The highest BCUT2D eigenvalue weighted by Crippen LogP contribution is 2.67. The Balaban J connectivity index is 1.51. The van der Waals surface area contributed by atoms with Crippen molar-refractivity contribution >= 4 is 11.7 Å². The van der Waals surface area contributed by atoms with Crippen LogP contribution in [0.4, 0.5) is 5.69 Å². The molecule has 150 valence electrons. The lowest BCUT2D eigenvalue weighted by molar-refractivity contribution is -0.386. The van der Waals surface area contributed by atoms with Crippen LogP contribution in [0.15, 0.2) is 12.1 Å². The average molecular weight is 385 g/mol. The van der Waals surface area contributed by atoms with E-state index in [4.69, 9.17) is 4.74 Å². The Morgan fingerprint density at radius 3 is 2.75 bits per heavy atom. The number of nitro benzene ring substituents is 1. The predicted octanol–water partition coefficient (Wildman–Crippen LogP) is 4.62. The van der Waals surface area contributed by atoms with Gasteiger partial charge in [0.2, 0.25) is 0 Å². The minimum Gasteiger partial charge on any atom is -0.502 e. The van der Waals surface area contributed by atoms with Crippen molar-refractivity contribution in [1.82, 2.24) is 0 Å². The Morgan fingerprint density at radius 2 is 2.00 bits per heavy atom. The van der Waals surface area contributed by atoms with Crippen LogP contribution in [0, 0.1) is 27.4 Å². The van der Waals surface area contributed by atoms with Gasteiger partial charge in [-0.3, -0.25) is 14.9 Å². The summed E-state index contributed by atoms with van der Waals surface area (Å²) in [4.78, 5) is 23.0. The molecule has 1 aromatic rings. The van der Waals surface area contributed by atoms with Crippen LogP contribution < -0.4 is 0 Å². The van der Waals surface area contributed by atoms with E-state index in [9.17, 15) is 20.0 Å². The number of esters is 1. The van der Waals surface area contributed by atoms with Gasteiger partial charge in [0.25, 0.3) is 0 Å². The molecule has 6 heteroatoms. The fraction of sp³-hybridized carbons (Fsp3) is 0.682. The number of fused-ring (bicyclic) bond motifs is 6. The van der Waals surface area contributed by atoms with Crippen LogP contribution in [0.2, 0.25) is 0 Å². The van der Waals surface area contributed by atoms with E-state index in [-0.39, 0.29) is 28.4 Å². The van der Waals surface area contributed by atoms with E-state index in [1.165, 1.54) is 0 Å². The molecule has 0 amide bonds. The van der Waals surface area contributed by atoms with E-state index in [1.807, 2.05) is 0 Å². The van der Waals surface area contributed by atoms with Crippen molar-refractivity contribution in [1.29, 1.82) is 0 Å². The van der Waals surface area contributed by atoms with Crippen molar-refractivity contribution in [2.24, 2.45) is 17.3 Å². The number of aromatic hydroxyl groups is 1. The third-order valence-corrected chi connectivity index (χ3v) is 8.58. The standard InChI is InChI=1S/C22H27NO5/c1-21-9-6-14-15(17(21)7-10-22(21)8-2-3-20(25)28-22)5-4-13-11-19(24)18(23(26)27)12-16(13)14/h11-12,14-15,17,24H,2-10H2,1H3/t14?,15?,17?,21-,22-/m0/s1. The second kappa shape index (κ2) is 5.94. The van der Waals surface area contributed by atoms with E-state index < -0.39 is 4.92 Å². The lowest BCUT2D eigenvalue weighted by atomic mass is 9.52. The molecule has 2 saturated carbocycles. The summed E-state index contributed by atoms with van der Waals surface area (Å²) in [5.41, 5.74) is 1.63. The second-order valence-corrected chi connectivity index (χ2v) is 9.53. The highest BCUT2D eigenvalue weighted by molar-refractivity contribution is 5.71. The van der Waals surface area contributed by atoms with Gasteiger partial charge in [-0.15, -0.1) is 0 Å². The van der Waals surface area contributed by atoms with E-state index in [0.717, 1.165) is 62.5 Å². The van der Waals surface area contributed by atoms with Crippen LogP contribution in [-0.4, -0.2) is 21.6 Å². The Kier molecular flexibility index (Phi) is 3.81. The Labute approximate surface area is 164 Å². The highest BCUT2D eigenvalue weighted by Gasteiger charge is 2.64. The summed E-state index contributed by atoms with van der Waals surface area (Å²) < 4.78 is 6.06. The molecule has 5 atom stereocenters. The van der Waals surface area contributed by atoms with Crippen LogP contribution in [-0.2, 0) is 16.0 Å². The van der Waals surface area contributed by atoms with Gasteiger partial charge in [0, 0.05) is 17.9 Å². The van der Waals surface area contributed by atoms with Crippen molar-refractivity contribution in [3.8, 4) is 5.75 Å². The number of carbonyl (C=O) groups excluding carboxylic acids is 1. The summed E-state index contributed by atoms with van der Waals surface area (Å²) >= 11 is 0. The third-order valence-electron chi connectivity index (χ3n) is 8.58. The SMILES string of the molecule is C[C@]12CCC3c4cc([N+](=O)[O-])c(O)cc4CCC3C1CC[C@@]21CCCC(=O)O1. The molecule has 0 bridgehead atoms. The first-order valence-electron chi connectivity index (χ1n) is 10.6. The van der Waals surface area contributed by atoms with Gasteiger partial charge in [-0.2, -0.15) is 0 Å². The van der Waals surface area contributed by atoms with E-state index in [2.05, 4.69) is 6.92 Å². The van der Waals surface area contributed by atoms with Crippen molar-refractivity contribution in [3.05, 3.63) is 33.4 Å². The number of aryl methyl sites for hydroxylation is 1. The first-order valence-corrected chi connectivity index (χ1v) is 10.6. The van der Waals surface area contributed by atoms with Gasteiger partial charge in [0.15, 0.2) is 5.75 Å². The first-order chi connectivity index (χ1) is 13.3. The molecule has 0 aromatic heterocycles. The minimum atomic E-state index is -0.488. The number of hydrogen-bond acceptors (Lipinski definition) is 5. The zero-order chi connectivity index (χ0) is 19.7. The maximum Gasteiger partial charge on any atom is 0.310 e. The summed E-state index contributed by atoms with van der Waals surface area (Å²) in [6.45, 7) is 2.33. The minimum absolute atomic E-state index is 0.00457. The number of phenolic OH excluding ortho intramolecular Hbond substituents is 1. The number of benzene rings is 1. The number of nitro groups is 1. The van der Waals surface area contributed by atoms with Gasteiger partial charge in [-0.25, -0.2) is 0 Å². The van der Waals surface area contributed by atoms with Crippen molar-refractivity contribution in [3.63, 3.8) is 0 Å². The normalized spacial score (nSPS) is 39.0. The molecule has 1 spiro atoms. The molecule has 3 fully saturated rings. The third kappa shape index (κ3) is 2.29. The smallest absolute Gasteiger partial charge is 0.310 e. The predicted molar refractivity (Wildman–Crippen MR) is 102 cm³/mol. The molecule has 1 saturated heterocycles. The largest absolute Gasteiger partial charge is 0.502 e. The van der Waals surface area contributed by atoms with Crippen LogP contribution in [0.5, 0.6) is 5.75 Å². The average Bonchev–Trinajstić information content (AvgIpc) is 2.92. The van der Waals surface area contributed by atoms with Gasteiger partial charge in [0.05, 0.1) is 4.92 Å². The number of rotatable bonds is 1. The molecule has 5 rings (SSSR count). The van der Waals surface area contributed by atoms with E-state index in [1.54, 1.807) is 12.1 Å². The molecule has 28 heavy (non-hydrogen) atoms. The van der Waals surface area contributed by atoms with E-state index in [0.29, 0.717) is 24.2 Å². The van der Waals surface area contributed by atoms with Crippen LogP contribution in [0.25, 0.3) is 0 Å². The fourth-order valence-corrected chi connectivity index (χ4v) is 7.25.